The van der Waals surface area contributed by atoms with Crippen molar-refractivity contribution in [2.75, 3.05) is 12.9 Å². The molecule has 0 bridgehead atoms. The molecule has 0 saturated heterocycles. The van der Waals surface area contributed by atoms with E-state index in [1.165, 1.54) is 7.11 Å². The lowest BCUT2D eigenvalue weighted by molar-refractivity contribution is 0.391. The first-order chi connectivity index (χ1) is 8.46. The van der Waals surface area contributed by atoms with Gasteiger partial charge in [0.1, 0.15) is 0 Å². The van der Waals surface area contributed by atoms with Crippen molar-refractivity contribution < 1.29 is 8.95 Å². The predicted molar refractivity (Wildman–Crippen MR) is 69.3 cm³/mol. The minimum atomic E-state index is -1.02. The largest absolute Gasteiger partial charge is 0.480 e. The average Bonchev–Trinajstić information content (AvgIpc) is 2.37. The molecule has 0 aromatic carbocycles. The predicted octanol–water partition coefficient (Wildman–Crippen LogP) is 1.67. The summed E-state index contributed by atoms with van der Waals surface area (Å²) in [5, 5.41) is 16.6. The van der Waals surface area contributed by atoms with Crippen LogP contribution in [0, 0.1) is 16.7 Å². The maximum absolute atomic E-state index is 11.8. The van der Waals surface area contributed by atoms with Crippen molar-refractivity contribution in [2.24, 2.45) is 5.41 Å². The number of nitriles is 1. The maximum atomic E-state index is 11.8. The molecule has 1 heterocycles. The molecule has 0 aliphatic heterocycles. The zero-order valence-electron chi connectivity index (χ0n) is 10.8. The smallest absolute Gasteiger partial charge is 0.233 e. The Morgan fingerprint density at radius 2 is 2.17 bits per heavy atom. The Kier molecular flexibility index (Phi) is 5.23. The number of hydrogen-bond donors (Lipinski definition) is 0. The Bertz CT molecular complexity index is 451. The Labute approximate surface area is 110 Å². The van der Waals surface area contributed by atoms with Crippen LogP contribution in [-0.4, -0.2) is 27.3 Å². The summed E-state index contributed by atoms with van der Waals surface area (Å²) >= 11 is 0. The zero-order valence-corrected chi connectivity index (χ0v) is 11.7. The molecule has 6 heteroatoms. The van der Waals surface area contributed by atoms with Gasteiger partial charge in [0.05, 0.1) is 30.0 Å². The summed E-state index contributed by atoms with van der Waals surface area (Å²) in [7, 11) is 0.498. The second-order valence-corrected chi connectivity index (χ2v) is 6.18. The number of ether oxygens (including phenoxy) is 1. The first kappa shape index (κ1) is 14.6. The van der Waals surface area contributed by atoms with Gasteiger partial charge in [0.2, 0.25) is 5.88 Å². The zero-order chi connectivity index (χ0) is 13.6. The highest BCUT2D eigenvalue weighted by Crippen LogP contribution is 2.19. The second-order valence-electron chi connectivity index (χ2n) is 4.60. The number of rotatable bonds is 6. The maximum Gasteiger partial charge on any atom is 0.233 e. The third-order valence-corrected chi connectivity index (χ3v) is 3.75. The van der Waals surface area contributed by atoms with Crippen molar-refractivity contribution in [3.63, 3.8) is 0 Å². The van der Waals surface area contributed by atoms with Gasteiger partial charge in [0.25, 0.3) is 0 Å². The number of methoxy groups -OCH3 is 1. The number of hydrogen-bond acceptors (Lipinski definition) is 5. The lowest BCUT2D eigenvalue weighted by Gasteiger charge is -2.13. The van der Waals surface area contributed by atoms with Crippen LogP contribution in [0.3, 0.4) is 0 Å². The van der Waals surface area contributed by atoms with Gasteiger partial charge in [-0.1, -0.05) is 0 Å². The SMILES string of the molecule is COc1ccc(CS(=O)CCC(C)(C)C#N)nn1. The van der Waals surface area contributed by atoms with E-state index in [2.05, 4.69) is 16.3 Å². The van der Waals surface area contributed by atoms with Gasteiger partial charge in [-0.15, -0.1) is 5.10 Å². The highest BCUT2D eigenvalue weighted by atomic mass is 32.2. The van der Waals surface area contributed by atoms with Crippen LogP contribution >= 0.6 is 0 Å². The van der Waals surface area contributed by atoms with E-state index in [9.17, 15) is 4.21 Å². The third kappa shape index (κ3) is 4.80. The summed E-state index contributed by atoms with van der Waals surface area (Å²) in [6.45, 7) is 3.69. The second kappa shape index (κ2) is 6.45. The van der Waals surface area contributed by atoms with Crippen LogP contribution in [0.15, 0.2) is 12.1 Å². The van der Waals surface area contributed by atoms with E-state index in [0.717, 1.165) is 0 Å². The summed E-state index contributed by atoms with van der Waals surface area (Å²) in [5.74, 6) is 1.29. The van der Waals surface area contributed by atoms with E-state index >= 15 is 0 Å². The fourth-order valence-corrected chi connectivity index (χ4v) is 2.56. The molecule has 1 aromatic heterocycles. The molecule has 1 rings (SSSR count). The summed E-state index contributed by atoms with van der Waals surface area (Å²) in [6, 6.07) is 5.64. The van der Waals surface area contributed by atoms with E-state index in [4.69, 9.17) is 10.00 Å². The summed E-state index contributed by atoms with van der Waals surface area (Å²) < 4.78 is 16.7. The quantitative estimate of drug-likeness (QED) is 0.783. The molecule has 98 valence electrons. The van der Waals surface area contributed by atoms with Crippen molar-refractivity contribution in [1.29, 1.82) is 5.26 Å². The number of aromatic nitrogens is 2. The highest BCUT2D eigenvalue weighted by molar-refractivity contribution is 7.84. The van der Waals surface area contributed by atoms with Crippen molar-refractivity contribution in [2.45, 2.75) is 26.0 Å². The lowest BCUT2D eigenvalue weighted by atomic mass is 9.93. The molecule has 0 spiro atoms. The molecular formula is C12H17N3O2S. The number of nitrogens with zero attached hydrogens (tertiary/aromatic N) is 3. The molecule has 0 N–H and O–H groups in total. The van der Waals surface area contributed by atoms with Crippen LogP contribution in [0.4, 0.5) is 0 Å². The van der Waals surface area contributed by atoms with Crippen molar-refractivity contribution in [1.82, 2.24) is 10.2 Å². The minimum Gasteiger partial charge on any atom is -0.480 e. The summed E-state index contributed by atoms with van der Waals surface area (Å²) in [6.07, 6.45) is 0.611. The fraction of sp³-hybridized carbons (Fsp3) is 0.583. The van der Waals surface area contributed by atoms with Crippen LogP contribution in [-0.2, 0) is 16.6 Å². The standard InChI is InChI=1S/C12H17N3O2S/c1-12(2,9-13)6-7-18(16)8-10-4-5-11(17-3)15-14-10/h4-5H,6-8H2,1-3H3. The normalized spacial score (nSPS) is 12.8. The Morgan fingerprint density at radius 1 is 1.44 bits per heavy atom. The Balaban J connectivity index is 2.47. The topological polar surface area (TPSA) is 75.9 Å². The van der Waals surface area contributed by atoms with Crippen LogP contribution < -0.4 is 4.74 Å². The van der Waals surface area contributed by atoms with Crippen LogP contribution in [0.1, 0.15) is 26.0 Å². The van der Waals surface area contributed by atoms with Crippen molar-refractivity contribution >= 4 is 10.8 Å². The van der Waals surface area contributed by atoms with Crippen LogP contribution in [0.5, 0.6) is 5.88 Å². The van der Waals surface area contributed by atoms with Gasteiger partial charge in [-0.05, 0) is 26.3 Å². The first-order valence-electron chi connectivity index (χ1n) is 5.60. The molecule has 18 heavy (non-hydrogen) atoms. The van der Waals surface area contributed by atoms with Crippen molar-refractivity contribution in [3.05, 3.63) is 17.8 Å². The molecule has 0 fully saturated rings. The van der Waals surface area contributed by atoms with Gasteiger partial charge < -0.3 is 4.74 Å². The molecule has 1 aromatic rings. The first-order valence-corrected chi connectivity index (χ1v) is 7.08. The third-order valence-electron chi connectivity index (χ3n) is 2.47. The Morgan fingerprint density at radius 3 is 2.67 bits per heavy atom. The van der Waals surface area contributed by atoms with Crippen LogP contribution in [0.2, 0.25) is 0 Å². The average molecular weight is 267 g/mol. The monoisotopic (exact) mass is 267 g/mol. The van der Waals surface area contributed by atoms with Crippen molar-refractivity contribution in [3.8, 4) is 11.9 Å². The van der Waals surface area contributed by atoms with Gasteiger partial charge >= 0.3 is 0 Å². The summed E-state index contributed by atoms with van der Waals surface area (Å²) in [5.41, 5.74) is 0.241. The molecule has 1 unspecified atom stereocenters. The van der Waals surface area contributed by atoms with Gasteiger partial charge in [-0.25, -0.2) is 0 Å². The van der Waals surface area contributed by atoms with Gasteiger partial charge in [-0.2, -0.15) is 10.4 Å². The molecular weight excluding hydrogens is 250 g/mol. The van der Waals surface area contributed by atoms with E-state index in [1.807, 2.05) is 13.8 Å². The van der Waals surface area contributed by atoms with Gasteiger partial charge in [0, 0.05) is 22.6 Å². The van der Waals surface area contributed by atoms with Crippen LogP contribution in [0.25, 0.3) is 0 Å². The molecule has 0 saturated carbocycles. The lowest BCUT2D eigenvalue weighted by Crippen LogP contribution is -2.14. The van der Waals surface area contributed by atoms with E-state index in [-0.39, 0.29) is 0 Å². The van der Waals surface area contributed by atoms with E-state index in [0.29, 0.717) is 29.5 Å². The highest BCUT2D eigenvalue weighted by Gasteiger charge is 2.18. The molecule has 0 amide bonds. The fourth-order valence-electron chi connectivity index (χ4n) is 1.20. The molecule has 0 radical (unpaired) electrons. The van der Waals surface area contributed by atoms with E-state index < -0.39 is 16.2 Å². The minimum absolute atomic E-state index is 0.360. The molecule has 5 nitrogen and oxygen atoms in total. The molecule has 1 atom stereocenters. The van der Waals surface area contributed by atoms with Gasteiger partial charge in [-0.3, -0.25) is 4.21 Å². The Hall–Kier alpha value is -1.48. The molecule has 0 aliphatic carbocycles. The van der Waals surface area contributed by atoms with E-state index in [1.54, 1.807) is 12.1 Å². The summed E-state index contributed by atoms with van der Waals surface area (Å²) in [4.78, 5) is 0. The molecule has 0 aliphatic rings. The van der Waals surface area contributed by atoms with Gasteiger partial charge in [0.15, 0.2) is 0 Å².